The average Bonchev–Trinajstić information content (AvgIpc) is 2.61. The molecule has 5 nitrogen and oxygen atoms in total. The second kappa shape index (κ2) is 3.97. The van der Waals surface area contributed by atoms with E-state index < -0.39 is 5.97 Å². The van der Waals surface area contributed by atoms with Crippen LogP contribution in [0.1, 0.15) is 10.5 Å². The van der Waals surface area contributed by atoms with Gasteiger partial charge in [-0.25, -0.2) is 9.48 Å². The van der Waals surface area contributed by atoms with Crippen LogP contribution in [0.15, 0.2) is 34.9 Å². The van der Waals surface area contributed by atoms with E-state index in [0.717, 1.165) is 10.7 Å². The highest BCUT2D eigenvalue weighted by Gasteiger charge is 2.18. The molecule has 6 heteroatoms. The second-order valence-electron chi connectivity index (χ2n) is 3.07. The minimum atomic E-state index is -1.22. The van der Waals surface area contributed by atoms with Crippen LogP contribution < -0.4 is 0 Å². The van der Waals surface area contributed by atoms with Gasteiger partial charge >= 0.3 is 5.97 Å². The number of carboxylic acids is 1. The predicted molar refractivity (Wildman–Crippen MR) is 59.9 cm³/mol. The van der Waals surface area contributed by atoms with Crippen molar-refractivity contribution in [3.63, 3.8) is 0 Å². The molecule has 0 saturated carbocycles. The third-order valence-corrected chi connectivity index (χ3v) is 2.55. The number of aromatic carboxylic acids is 1. The Kier molecular flexibility index (Phi) is 2.66. The van der Waals surface area contributed by atoms with Gasteiger partial charge in [0.2, 0.25) is 0 Å². The van der Waals surface area contributed by atoms with Crippen LogP contribution in [0.2, 0.25) is 0 Å². The molecule has 1 aromatic heterocycles. The van der Waals surface area contributed by atoms with Crippen molar-refractivity contribution in [2.75, 3.05) is 0 Å². The van der Waals surface area contributed by atoms with Crippen molar-refractivity contribution < 1.29 is 15.0 Å². The lowest BCUT2D eigenvalue weighted by atomic mass is 10.3. The van der Waals surface area contributed by atoms with E-state index in [0.29, 0.717) is 5.69 Å². The third-order valence-electron chi connectivity index (χ3n) is 2.02. The molecule has 0 aliphatic carbocycles. The molecule has 16 heavy (non-hydrogen) atoms. The van der Waals surface area contributed by atoms with Crippen molar-refractivity contribution in [1.29, 1.82) is 0 Å². The number of carbonyl (C=O) groups is 1. The van der Waals surface area contributed by atoms with Crippen LogP contribution in [0.4, 0.5) is 0 Å². The molecule has 0 unspecified atom stereocenters. The lowest BCUT2D eigenvalue weighted by molar-refractivity contribution is 0.0684. The third kappa shape index (κ3) is 1.79. The Morgan fingerprint density at radius 1 is 1.31 bits per heavy atom. The van der Waals surface area contributed by atoms with Gasteiger partial charge in [-0.15, -0.1) is 0 Å². The van der Waals surface area contributed by atoms with Crippen LogP contribution >= 0.6 is 15.9 Å². The van der Waals surface area contributed by atoms with Crippen LogP contribution in [-0.4, -0.2) is 26.0 Å². The zero-order valence-electron chi connectivity index (χ0n) is 7.96. The largest absolute Gasteiger partial charge is 0.504 e. The quantitative estimate of drug-likeness (QED) is 0.884. The Hall–Kier alpha value is -1.82. The number of carboxylic acid groups (broad SMARTS) is 1. The maximum Gasteiger partial charge on any atom is 0.358 e. The van der Waals surface area contributed by atoms with E-state index in [1.807, 2.05) is 0 Å². The highest BCUT2D eigenvalue weighted by molar-refractivity contribution is 9.10. The number of hydrogen-bond acceptors (Lipinski definition) is 3. The first-order chi connectivity index (χ1) is 7.59. The molecule has 1 aromatic carbocycles. The molecular weight excluding hydrogens is 276 g/mol. The van der Waals surface area contributed by atoms with E-state index in [1.165, 1.54) is 4.68 Å². The SMILES string of the molecule is O=C(O)c1c(O)cnn1-c1ccc(Br)cc1. The maximum absolute atomic E-state index is 10.9. The lowest BCUT2D eigenvalue weighted by Gasteiger charge is -2.04. The first-order valence-electron chi connectivity index (χ1n) is 4.36. The van der Waals surface area contributed by atoms with Crippen LogP contribution in [0.5, 0.6) is 5.75 Å². The van der Waals surface area contributed by atoms with Crippen molar-refractivity contribution in [2.45, 2.75) is 0 Å². The summed E-state index contributed by atoms with van der Waals surface area (Å²) >= 11 is 3.28. The molecule has 2 N–H and O–H groups in total. The normalized spacial score (nSPS) is 10.3. The molecule has 0 atom stereocenters. The summed E-state index contributed by atoms with van der Waals surface area (Å²) in [6.45, 7) is 0. The Morgan fingerprint density at radius 3 is 2.50 bits per heavy atom. The van der Waals surface area contributed by atoms with Gasteiger partial charge in [-0.1, -0.05) is 15.9 Å². The molecular formula is C10H7BrN2O3. The highest BCUT2D eigenvalue weighted by Crippen LogP contribution is 2.21. The number of halogens is 1. The number of hydrogen-bond donors (Lipinski definition) is 2. The van der Waals surface area contributed by atoms with Gasteiger partial charge in [0.05, 0.1) is 11.9 Å². The average molecular weight is 283 g/mol. The van der Waals surface area contributed by atoms with Gasteiger partial charge in [-0.05, 0) is 24.3 Å². The first-order valence-corrected chi connectivity index (χ1v) is 5.15. The van der Waals surface area contributed by atoms with Crippen molar-refractivity contribution >= 4 is 21.9 Å². The summed E-state index contributed by atoms with van der Waals surface area (Å²) in [4.78, 5) is 10.9. The highest BCUT2D eigenvalue weighted by atomic mass is 79.9. The molecule has 1 heterocycles. The predicted octanol–water partition coefficient (Wildman–Crippen LogP) is 2.04. The summed E-state index contributed by atoms with van der Waals surface area (Å²) in [6, 6.07) is 6.92. The van der Waals surface area contributed by atoms with E-state index in [1.54, 1.807) is 24.3 Å². The summed E-state index contributed by atoms with van der Waals surface area (Å²) in [5.41, 5.74) is 0.322. The van der Waals surface area contributed by atoms with Crippen molar-refractivity contribution in [2.24, 2.45) is 0 Å². The van der Waals surface area contributed by atoms with Gasteiger partial charge in [0.15, 0.2) is 11.4 Å². The zero-order valence-corrected chi connectivity index (χ0v) is 9.55. The molecule has 82 valence electrons. The molecule has 0 spiro atoms. The van der Waals surface area contributed by atoms with Crippen molar-refractivity contribution in [3.05, 3.63) is 40.6 Å². The number of aromatic hydroxyl groups is 1. The van der Waals surface area contributed by atoms with E-state index in [9.17, 15) is 9.90 Å². The van der Waals surface area contributed by atoms with Crippen molar-refractivity contribution in [1.82, 2.24) is 9.78 Å². The summed E-state index contributed by atoms with van der Waals surface area (Å²) < 4.78 is 2.05. The van der Waals surface area contributed by atoms with Gasteiger partial charge in [0.25, 0.3) is 0 Å². The van der Waals surface area contributed by atoms with Crippen molar-refractivity contribution in [3.8, 4) is 11.4 Å². The van der Waals surface area contributed by atoms with Crippen LogP contribution in [0.3, 0.4) is 0 Å². The van der Waals surface area contributed by atoms with Gasteiger partial charge < -0.3 is 10.2 Å². The van der Waals surface area contributed by atoms with Gasteiger partial charge in [0, 0.05) is 4.47 Å². The van der Waals surface area contributed by atoms with Gasteiger partial charge in [-0.2, -0.15) is 5.10 Å². The smallest absolute Gasteiger partial charge is 0.358 e. The van der Waals surface area contributed by atoms with Crippen LogP contribution in [-0.2, 0) is 0 Å². The molecule has 0 bridgehead atoms. The van der Waals surface area contributed by atoms with Gasteiger partial charge in [0.1, 0.15) is 0 Å². The fraction of sp³-hybridized carbons (Fsp3) is 0. The summed E-state index contributed by atoms with van der Waals surface area (Å²) in [7, 11) is 0. The molecule has 2 rings (SSSR count). The fourth-order valence-corrected chi connectivity index (χ4v) is 1.58. The minimum Gasteiger partial charge on any atom is -0.504 e. The Labute approximate surface area is 99.1 Å². The summed E-state index contributed by atoms with van der Waals surface area (Å²) in [5.74, 6) is -1.58. The van der Waals surface area contributed by atoms with E-state index >= 15 is 0 Å². The Balaban J connectivity index is 2.56. The topological polar surface area (TPSA) is 75.3 Å². The molecule has 0 radical (unpaired) electrons. The van der Waals surface area contributed by atoms with E-state index in [-0.39, 0.29) is 11.4 Å². The Bertz CT molecular complexity index is 533. The van der Waals surface area contributed by atoms with Crippen LogP contribution in [0.25, 0.3) is 5.69 Å². The second-order valence-corrected chi connectivity index (χ2v) is 3.99. The molecule has 0 aliphatic heterocycles. The lowest BCUT2D eigenvalue weighted by Crippen LogP contribution is -2.07. The fourth-order valence-electron chi connectivity index (χ4n) is 1.32. The summed E-state index contributed by atoms with van der Waals surface area (Å²) in [6.07, 6.45) is 1.10. The van der Waals surface area contributed by atoms with E-state index in [2.05, 4.69) is 21.0 Å². The summed E-state index contributed by atoms with van der Waals surface area (Å²) in [5, 5.41) is 22.1. The molecule has 2 aromatic rings. The zero-order chi connectivity index (χ0) is 11.7. The minimum absolute atomic E-state index is 0.248. The van der Waals surface area contributed by atoms with Crippen LogP contribution in [0, 0.1) is 0 Å². The number of aromatic nitrogens is 2. The van der Waals surface area contributed by atoms with E-state index in [4.69, 9.17) is 5.11 Å². The molecule has 0 fully saturated rings. The Morgan fingerprint density at radius 2 is 1.94 bits per heavy atom. The molecule has 0 amide bonds. The number of nitrogens with zero attached hydrogens (tertiary/aromatic N) is 2. The number of rotatable bonds is 2. The maximum atomic E-state index is 10.9. The number of benzene rings is 1. The molecule has 0 aliphatic rings. The molecule has 0 saturated heterocycles. The first kappa shape index (κ1) is 10.7. The van der Waals surface area contributed by atoms with Gasteiger partial charge in [-0.3, -0.25) is 0 Å². The monoisotopic (exact) mass is 282 g/mol. The standard InChI is InChI=1S/C10H7BrN2O3/c11-6-1-3-7(4-2-6)13-9(10(15)16)8(14)5-12-13/h1-5,14H,(H,15,16).